The summed E-state index contributed by atoms with van der Waals surface area (Å²) in [6.07, 6.45) is 3.47. The molecule has 1 N–H and O–H groups in total. The van der Waals surface area contributed by atoms with Crippen LogP contribution in [0.15, 0.2) is 24.3 Å². The summed E-state index contributed by atoms with van der Waals surface area (Å²) in [5.74, 6) is 1.26. The number of nitrogens with one attached hydrogen (secondary N) is 1. The van der Waals surface area contributed by atoms with Gasteiger partial charge >= 0.3 is 0 Å². The molecule has 3 unspecified atom stereocenters. The molecule has 1 fully saturated rings. The Bertz CT molecular complexity index is 446. The van der Waals surface area contributed by atoms with Crippen LogP contribution in [0, 0.1) is 11.8 Å². The third-order valence-corrected chi connectivity index (χ3v) is 4.32. The van der Waals surface area contributed by atoms with Gasteiger partial charge in [-0.25, -0.2) is 0 Å². The summed E-state index contributed by atoms with van der Waals surface area (Å²) in [6, 6.07) is 8.48. The lowest BCUT2D eigenvalue weighted by Gasteiger charge is -2.40. The molecule has 1 aromatic carbocycles. The maximum absolute atomic E-state index is 6.24. The summed E-state index contributed by atoms with van der Waals surface area (Å²) >= 11 is 0. The molecule has 110 valence electrons. The van der Waals surface area contributed by atoms with Crippen molar-refractivity contribution in [1.82, 2.24) is 0 Å². The molecule has 3 heteroatoms. The standard InChI is InChI=1S/C17H25NO2/c1-12(2)9-10-19-16-8-7-13-11-18-15-6-4-3-5-14(15)17(13)20-16/h3-6,12-13,16-18H,7-11H2,1-2H3. The zero-order chi connectivity index (χ0) is 13.9. The first-order valence-corrected chi connectivity index (χ1v) is 7.84. The van der Waals surface area contributed by atoms with Crippen LogP contribution < -0.4 is 5.32 Å². The third kappa shape index (κ3) is 2.99. The van der Waals surface area contributed by atoms with Crippen molar-refractivity contribution in [2.24, 2.45) is 11.8 Å². The fraction of sp³-hybridized carbons (Fsp3) is 0.647. The van der Waals surface area contributed by atoms with E-state index < -0.39 is 0 Å². The van der Waals surface area contributed by atoms with Crippen molar-refractivity contribution in [3.05, 3.63) is 29.8 Å². The van der Waals surface area contributed by atoms with Gasteiger partial charge in [-0.05, 0) is 31.2 Å². The highest BCUT2D eigenvalue weighted by Crippen LogP contribution is 2.42. The molecule has 3 atom stereocenters. The van der Waals surface area contributed by atoms with Gasteiger partial charge in [-0.2, -0.15) is 0 Å². The molecule has 3 rings (SSSR count). The molecule has 3 nitrogen and oxygen atoms in total. The molecule has 0 bridgehead atoms. The number of anilines is 1. The van der Waals surface area contributed by atoms with Gasteiger partial charge < -0.3 is 14.8 Å². The predicted octanol–water partition coefficient (Wildman–Crippen LogP) is 3.97. The van der Waals surface area contributed by atoms with E-state index in [0.29, 0.717) is 11.8 Å². The molecule has 0 radical (unpaired) electrons. The number of benzene rings is 1. The quantitative estimate of drug-likeness (QED) is 0.902. The molecule has 2 aliphatic heterocycles. The molecule has 1 saturated heterocycles. The second kappa shape index (κ2) is 6.15. The van der Waals surface area contributed by atoms with Gasteiger partial charge in [-0.15, -0.1) is 0 Å². The van der Waals surface area contributed by atoms with Crippen LogP contribution in [0.2, 0.25) is 0 Å². The van der Waals surface area contributed by atoms with Crippen LogP contribution in [0.4, 0.5) is 5.69 Å². The van der Waals surface area contributed by atoms with E-state index in [-0.39, 0.29) is 12.4 Å². The average molecular weight is 275 g/mol. The van der Waals surface area contributed by atoms with E-state index in [4.69, 9.17) is 9.47 Å². The minimum absolute atomic E-state index is 0.0267. The van der Waals surface area contributed by atoms with E-state index in [0.717, 1.165) is 26.0 Å². The van der Waals surface area contributed by atoms with Gasteiger partial charge in [-0.1, -0.05) is 32.0 Å². The minimum atomic E-state index is -0.0267. The predicted molar refractivity (Wildman–Crippen MR) is 80.7 cm³/mol. The maximum Gasteiger partial charge on any atom is 0.158 e. The SMILES string of the molecule is CC(C)CCOC1CCC2CNc3ccccc3C2O1. The lowest BCUT2D eigenvalue weighted by molar-refractivity contribution is -0.212. The molecule has 0 aliphatic carbocycles. The van der Waals surface area contributed by atoms with E-state index in [2.05, 4.69) is 43.4 Å². The van der Waals surface area contributed by atoms with Crippen LogP contribution in [0.1, 0.15) is 44.8 Å². The molecule has 20 heavy (non-hydrogen) atoms. The molecular formula is C17H25NO2. The van der Waals surface area contributed by atoms with Gasteiger partial charge in [0.2, 0.25) is 0 Å². The zero-order valence-electron chi connectivity index (χ0n) is 12.5. The fourth-order valence-electron chi connectivity index (χ4n) is 3.09. The van der Waals surface area contributed by atoms with E-state index in [1.54, 1.807) is 0 Å². The van der Waals surface area contributed by atoms with Crippen LogP contribution >= 0.6 is 0 Å². The summed E-state index contributed by atoms with van der Waals surface area (Å²) in [5.41, 5.74) is 2.51. The summed E-state index contributed by atoms with van der Waals surface area (Å²) in [4.78, 5) is 0. The molecular weight excluding hydrogens is 250 g/mol. The second-order valence-electron chi connectivity index (χ2n) is 6.35. The van der Waals surface area contributed by atoms with Crippen molar-refractivity contribution in [2.45, 2.75) is 45.5 Å². The number of rotatable bonds is 4. The lowest BCUT2D eigenvalue weighted by Crippen LogP contribution is -2.37. The van der Waals surface area contributed by atoms with Gasteiger partial charge in [0.25, 0.3) is 0 Å². The van der Waals surface area contributed by atoms with Gasteiger partial charge in [-0.3, -0.25) is 0 Å². The first kappa shape index (κ1) is 13.9. The summed E-state index contributed by atoms with van der Waals surface area (Å²) in [7, 11) is 0. The average Bonchev–Trinajstić information content (AvgIpc) is 2.47. The van der Waals surface area contributed by atoms with Gasteiger partial charge in [0.15, 0.2) is 6.29 Å². The molecule has 0 saturated carbocycles. The zero-order valence-corrected chi connectivity index (χ0v) is 12.5. The van der Waals surface area contributed by atoms with Crippen molar-refractivity contribution in [3.63, 3.8) is 0 Å². The molecule has 0 amide bonds. The lowest BCUT2D eigenvalue weighted by atomic mass is 9.85. The Balaban J connectivity index is 1.63. The molecule has 2 heterocycles. The van der Waals surface area contributed by atoms with Crippen molar-refractivity contribution in [1.29, 1.82) is 0 Å². The van der Waals surface area contributed by atoms with Crippen molar-refractivity contribution < 1.29 is 9.47 Å². The Kier molecular flexibility index (Phi) is 4.27. The Morgan fingerprint density at radius 1 is 1.30 bits per heavy atom. The van der Waals surface area contributed by atoms with Gasteiger partial charge in [0.1, 0.15) is 0 Å². The first-order chi connectivity index (χ1) is 9.74. The smallest absolute Gasteiger partial charge is 0.158 e. The van der Waals surface area contributed by atoms with Crippen LogP contribution in [0.5, 0.6) is 0 Å². The number of hydrogen-bond donors (Lipinski definition) is 1. The molecule has 1 aromatic rings. The van der Waals surface area contributed by atoms with Crippen molar-refractivity contribution in [3.8, 4) is 0 Å². The number of fused-ring (bicyclic) bond motifs is 3. The van der Waals surface area contributed by atoms with E-state index in [1.165, 1.54) is 17.7 Å². The van der Waals surface area contributed by atoms with Gasteiger partial charge in [0, 0.05) is 30.3 Å². The molecule has 2 aliphatic rings. The van der Waals surface area contributed by atoms with E-state index in [9.17, 15) is 0 Å². The first-order valence-electron chi connectivity index (χ1n) is 7.84. The molecule has 0 spiro atoms. The summed E-state index contributed by atoms with van der Waals surface area (Å²) < 4.78 is 12.2. The van der Waals surface area contributed by atoms with E-state index in [1.807, 2.05) is 0 Å². The minimum Gasteiger partial charge on any atom is -0.384 e. The normalized spacial score (nSPS) is 28.6. The van der Waals surface area contributed by atoms with Crippen LogP contribution in [-0.2, 0) is 9.47 Å². The number of para-hydroxylation sites is 1. The maximum atomic E-state index is 6.24. The topological polar surface area (TPSA) is 30.5 Å². The Morgan fingerprint density at radius 3 is 3.00 bits per heavy atom. The fourth-order valence-corrected chi connectivity index (χ4v) is 3.09. The Labute approximate surface area is 121 Å². The third-order valence-electron chi connectivity index (χ3n) is 4.32. The highest BCUT2D eigenvalue weighted by atomic mass is 16.7. The molecule has 0 aromatic heterocycles. The van der Waals surface area contributed by atoms with E-state index >= 15 is 0 Å². The number of hydrogen-bond acceptors (Lipinski definition) is 3. The monoisotopic (exact) mass is 275 g/mol. The highest BCUT2D eigenvalue weighted by molar-refractivity contribution is 5.54. The second-order valence-corrected chi connectivity index (χ2v) is 6.35. The van der Waals surface area contributed by atoms with Crippen LogP contribution in [-0.4, -0.2) is 19.4 Å². The van der Waals surface area contributed by atoms with Crippen LogP contribution in [0.25, 0.3) is 0 Å². The Morgan fingerprint density at radius 2 is 2.15 bits per heavy atom. The van der Waals surface area contributed by atoms with Crippen molar-refractivity contribution in [2.75, 3.05) is 18.5 Å². The Hall–Kier alpha value is -1.06. The van der Waals surface area contributed by atoms with Crippen molar-refractivity contribution >= 4 is 5.69 Å². The van der Waals surface area contributed by atoms with Crippen LogP contribution in [0.3, 0.4) is 0 Å². The van der Waals surface area contributed by atoms with Gasteiger partial charge in [0.05, 0.1) is 6.10 Å². The largest absolute Gasteiger partial charge is 0.384 e. The summed E-state index contributed by atoms with van der Waals surface area (Å²) in [5, 5.41) is 3.51. The number of ether oxygens (including phenoxy) is 2. The highest BCUT2D eigenvalue weighted by Gasteiger charge is 2.36. The summed E-state index contributed by atoms with van der Waals surface area (Å²) in [6.45, 7) is 6.27.